The van der Waals surface area contributed by atoms with Crippen LogP contribution in [0.1, 0.15) is 31.8 Å². The third-order valence-corrected chi connectivity index (χ3v) is 4.75. The topological polar surface area (TPSA) is 118 Å². The summed E-state index contributed by atoms with van der Waals surface area (Å²) in [5, 5.41) is 18.8. The van der Waals surface area contributed by atoms with Crippen LogP contribution in [0.15, 0.2) is 40.9 Å². The Balaban J connectivity index is 0.000000467. The number of carboxylic acids is 2. The molecule has 2 N–H and O–H groups in total. The van der Waals surface area contributed by atoms with Crippen molar-refractivity contribution >= 4 is 53.9 Å². The predicted octanol–water partition coefficient (Wildman–Crippen LogP) is 4.12. The van der Waals surface area contributed by atoms with Crippen LogP contribution in [0.25, 0.3) is 0 Å². The van der Waals surface area contributed by atoms with Gasteiger partial charge in [0.1, 0.15) is 5.56 Å². The summed E-state index contributed by atoms with van der Waals surface area (Å²) in [6, 6.07) is 11.1. The lowest BCUT2D eigenvalue weighted by Gasteiger charge is -2.15. The number of aryl methyl sites for hydroxylation is 1. The lowest BCUT2D eigenvalue weighted by molar-refractivity contribution is 0.0694. The monoisotopic (exact) mass is 536 g/mol. The number of halogens is 2. The molecule has 0 saturated carbocycles. The van der Waals surface area contributed by atoms with Gasteiger partial charge in [-0.05, 0) is 42.7 Å². The Morgan fingerprint density at radius 3 is 1.96 bits per heavy atom. The molecule has 0 amide bonds. The van der Waals surface area contributed by atoms with Gasteiger partial charge >= 0.3 is 22.1 Å². The molecule has 0 spiro atoms. The van der Waals surface area contributed by atoms with E-state index in [1.165, 1.54) is 6.92 Å². The Morgan fingerprint density at radius 2 is 1.61 bits per heavy atom. The fourth-order valence-corrected chi connectivity index (χ4v) is 3.53. The molecule has 0 fully saturated rings. The van der Waals surface area contributed by atoms with Crippen LogP contribution in [0.4, 0.5) is 0 Å². The highest BCUT2D eigenvalue weighted by Gasteiger charge is 2.26. The standard InChI is InChI=1S/C12H13BrO7S.C6H5Br/c1-6-5-8(20-21(2,18)19)10(12(16)17)7(3-4-13)9(6)11(14)15;7-6-4-2-1-3-5-6/h5H,3-4H2,1-2H3,(H,14,15)(H,16,17);1-5H. The molecule has 0 aliphatic carbocycles. The second-order valence-corrected chi connectivity index (χ2v) is 8.84. The fourth-order valence-electron chi connectivity index (χ4n) is 2.37. The molecule has 2 rings (SSSR count). The molecule has 28 heavy (non-hydrogen) atoms. The highest BCUT2D eigenvalue weighted by atomic mass is 79.9. The van der Waals surface area contributed by atoms with E-state index in [1.807, 2.05) is 30.3 Å². The number of hydrogen-bond acceptors (Lipinski definition) is 5. The third kappa shape index (κ3) is 7.25. The van der Waals surface area contributed by atoms with E-state index in [9.17, 15) is 28.2 Å². The van der Waals surface area contributed by atoms with Gasteiger partial charge in [-0.2, -0.15) is 8.42 Å². The van der Waals surface area contributed by atoms with E-state index >= 15 is 0 Å². The zero-order chi connectivity index (χ0) is 21.5. The number of aromatic carboxylic acids is 2. The van der Waals surface area contributed by atoms with E-state index in [0.717, 1.165) is 16.8 Å². The molecule has 0 radical (unpaired) electrons. The maximum absolute atomic E-state index is 11.4. The first-order valence-corrected chi connectivity index (χ1v) is 11.5. The van der Waals surface area contributed by atoms with Gasteiger partial charge in [0.05, 0.1) is 11.8 Å². The predicted molar refractivity (Wildman–Crippen MR) is 112 cm³/mol. The molecular formula is C18H18Br2O7S. The SMILES string of the molecule is Brc1ccccc1.Cc1cc(OS(C)(=O)=O)c(C(=O)O)c(CCBr)c1C(=O)O. The molecule has 2 aromatic carbocycles. The molecule has 0 aliphatic heterocycles. The maximum atomic E-state index is 11.4. The molecule has 7 nitrogen and oxygen atoms in total. The average Bonchev–Trinajstić information content (AvgIpc) is 2.53. The van der Waals surface area contributed by atoms with Gasteiger partial charge < -0.3 is 14.4 Å². The zero-order valence-electron chi connectivity index (χ0n) is 15.0. The number of benzene rings is 2. The molecular weight excluding hydrogens is 520 g/mol. The van der Waals surface area contributed by atoms with E-state index in [2.05, 4.69) is 36.0 Å². The van der Waals surface area contributed by atoms with Crippen LogP contribution in [-0.4, -0.2) is 42.2 Å². The number of carbonyl (C=O) groups is 2. The summed E-state index contributed by atoms with van der Waals surface area (Å²) in [7, 11) is -3.94. The van der Waals surface area contributed by atoms with E-state index in [-0.39, 0.29) is 28.9 Å². The summed E-state index contributed by atoms with van der Waals surface area (Å²) in [4.78, 5) is 22.7. The molecule has 0 aromatic heterocycles. The molecule has 0 unspecified atom stereocenters. The second-order valence-electron chi connectivity index (χ2n) is 5.55. The molecule has 2 aromatic rings. The van der Waals surface area contributed by atoms with Crippen LogP contribution in [0, 0.1) is 6.92 Å². The first kappa shape index (κ1) is 24.1. The number of rotatable bonds is 6. The summed E-state index contributed by atoms with van der Waals surface area (Å²) >= 11 is 6.43. The van der Waals surface area contributed by atoms with E-state index in [1.54, 1.807) is 0 Å². The molecule has 0 bridgehead atoms. The van der Waals surface area contributed by atoms with Crippen LogP contribution in [0.3, 0.4) is 0 Å². The van der Waals surface area contributed by atoms with Gasteiger partial charge in [0.25, 0.3) is 0 Å². The Labute approximate surface area is 179 Å². The molecule has 0 aliphatic rings. The highest BCUT2D eigenvalue weighted by molar-refractivity contribution is 9.10. The minimum Gasteiger partial charge on any atom is -0.478 e. The van der Waals surface area contributed by atoms with E-state index in [4.69, 9.17) is 0 Å². The maximum Gasteiger partial charge on any atom is 0.339 e. The molecule has 10 heteroatoms. The van der Waals surface area contributed by atoms with Gasteiger partial charge in [-0.1, -0.05) is 50.1 Å². The van der Waals surface area contributed by atoms with Crippen LogP contribution < -0.4 is 4.18 Å². The van der Waals surface area contributed by atoms with Crippen LogP contribution in [-0.2, 0) is 16.5 Å². The summed E-state index contributed by atoms with van der Waals surface area (Å²) < 4.78 is 28.3. The average molecular weight is 538 g/mol. The van der Waals surface area contributed by atoms with Crippen molar-refractivity contribution in [1.82, 2.24) is 0 Å². The second kappa shape index (κ2) is 10.6. The van der Waals surface area contributed by atoms with Crippen molar-refractivity contribution in [2.24, 2.45) is 0 Å². The van der Waals surface area contributed by atoms with Crippen LogP contribution >= 0.6 is 31.9 Å². The van der Waals surface area contributed by atoms with Crippen molar-refractivity contribution in [3.05, 3.63) is 63.1 Å². The molecule has 0 heterocycles. The van der Waals surface area contributed by atoms with Crippen LogP contribution in [0.5, 0.6) is 5.75 Å². The van der Waals surface area contributed by atoms with Crippen molar-refractivity contribution < 1.29 is 32.4 Å². The van der Waals surface area contributed by atoms with E-state index in [0.29, 0.717) is 5.33 Å². The minimum absolute atomic E-state index is 0.0190. The third-order valence-electron chi connectivity index (χ3n) is 3.34. The Morgan fingerprint density at radius 1 is 1.07 bits per heavy atom. The van der Waals surface area contributed by atoms with Crippen molar-refractivity contribution in [2.45, 2.75) is 13.3 Å². The van der Waals surface area contributed by atoms with Gasteiger partial charge in [-0.3, -0.25) is 0 Å². The van der Waals surface area contributed by atoms with Crippen molar-refractivity contribution in [2.75, 3.05) is 11.6 Å². The largest absolute Gasteiger partial charge is 0.478 e. The van der Waals surface area contributed by atoms with Crippen molar-refractivity contribution in [1.29, 1.82) is 0 Å². The van der Waals surface area contributed by atoms with Gasteiger partial charge in [-0.15, -0.1) is 0 Å². The first-order valence-electron chi connectivity index (χ1n) is 7.77. The quantitative estimate of drug-likeness (QED) is 0.420. The molecule has 152 valence electrons. The highest BCUT2D eigenvalue weighted by Crippen LogP contribution is 2.31. The lowest BCUT2D eigenvalue weighted by Crippen LogP contribution is -2.16. The Kier molecular flexibility index (Phi) is 9.12. The number of hydrogen-bond donors (Lipinski definition) is 2. The van der Waals surface area contributed by atoms with Gasteiger partial charge in [0, 0.05) is 9.80 Å². The number of alkyl halides is 1. The number of carboxylic acid groups (broad SMARTS) is 2. The normalized spacial score (nSPS) is 10.6. The summed E-state index contributed by atoms with van der Waals surface area (Å²) in [6.45, 7) is 1.45. The lowest BCUT2D eigenvalue weighted by atomic mass is 9.94. The molecule has 0 atom stereocenters. The minimum atomic E-state index is -3.94. The Bertz CT molecular complexity index is 958. The van der Waals surface area contributed by atoms with Gasteiger partial charge in [-0.25, -0.2) is 9.59 Å². The summed E-state index contributed by atoms with van der Waals surface area (Å²) in [5.74, 6) is -3.12. The summed E-state index contributed by atoms with van der Waals surface area (Å²) in [5.41, 5.74) is -0.372. The fraction of sp³-hybridized carbons (Fsp3) is 0.222. The van der Waals surface area contributed by atoms with Gasteiger partial charge in [0.15, 0.2) is 5.75 Å². The van der Waals surface area contributed by atoms with Crippen molar-refractivity contribution in [3.63, 3.8) is 0 Å². The van der Waals surface area contributed by atoms with Gasteiger partial charge in [0.2, 0.25) is 0 Å². The van der Waals surface area contributed by atoms with Crippen LogP contribution in [0.2, 0.25) is 0 Å². The first-order chi connectivity index (χ1) is 13.0. The smallest absolute Gasteiger partial charge is 0.339 e. The van der Waals surface area contributed by atoms with Crippen molar-refractivity contribution in [3.8, 4) is 5.75 Å². The summed E-state index contributed by atoms with van der Waals surface area (Å²) in [6.07, 6.45) is 0.883. The Hall–Kier alpha value is -1.91. The zero-order valence-corrected chi connectivity index (χ0v) is 19.0. The van der Waals surface area contributed by atoms with E-state index < -0.39 is 27.6 Å². The molecule has 0 saturated heterocycles.